The van der Waals surface area contributed by atoms with E-state index in [2.05, 4.69) is 15.0 Å². The minimum atomic E-state index is -0.330. The number of benzene rings is 1. The molecule has 5 nitrogen and oxygen atoms in total. The van der Waals surface area contributed by atoms with E-state index in [-0.39, 0.29) is 11.5 Å². The number of hydrogen-bond donors (Lipinski definition) is 1. The first-order valence-electron chi connectivity index (χ1n) is 7.66. The second-order valence-corrected chi connectivity index (χ2v) is 5.44. The number of H-pyrrole nitrogens is 1. The molecule has 1 N–H and O–H groups in total. The molecule has 0 amide bonds. The van der Waals surface area contributed by atoms with Crippen molar-refractivity contribution in [3.05, 3.63) is 89.6 Å². The zero-order valence-corrected chi connectivity index (χ0v) is 13.1. The molecule has 25 heavy (non-hydrogen) atoms. The quantitative estimate of drug-likeness (QED) is 0.625. The van der Waals surface area contributed by atoms with Crippen molar-refractivity contribution in [3.63, 3.8) is 0 Å². The molecule has 0 saturated heterocycles. The van der Waals surface area contributed by atoms with Crippen LogP contribution in [0.5, 0.6) is 0 Å². The monoisotopic (exact) mass is 332 g/mol. The third kappa shape index (κ3) is 2.74. The maximum absolute atomic E-state index is 13.3. The molecule has 0 aliphatic carbocycles. The number of halogens is 1. The minimum Gasteiger partial charge on any atom is -0.305 e. The number of nitrogens with one attached hydrogen (secondary N) is 1. The molecule has 0 radical (unpaired) electrons. The summed E-state index contributed by atoms with van der Waals surface area (Å²) >= 11 is 0. The van der Waals surface area contributed by atoms with Crippen LogP contribution in [0.2, 0.25) is 0 Å². The summed E-state index contributed by atoms with van der Waals surface area (Å²) in [6.07, 6.45) is 6.59. The van der Waals surface area contributed by atoms with Gasteiger partial charge in [-0.3, -0.25) is 14.5 Å². The molecule has 0 bridgehead atoms. The molecule has 1 aromatic carbocycles. The highest BCUT2D eigenvalue weighted by Crippen LogP contribution is 2.31. The Bertz CT molecular complexity index is 1050. The second kappa shape index (κ2) is 6.16. The molecular weight excluding hydrogens is 319 g/mol. The molecule has 0 atom stereocenters. The highest BCUT2D eigenvalue weighted by molar-refractivity contribution is 5.79. The second-order valence-electron chi connectivity index (χ2n) is 5.44. The number of nitrogens with zero attached hydrogens (tertiary/aromatic N) is 3. The van der Waals surface area contributed by atoms with E-state index in [1.807, 2.05) is 12.1 Å². The zero-order chi connectivity index (χ0) is 17.2. The molecule has 4 aromatic rings. The predicted molar refractivity (Wildman–Crippen MR) is 92.8 cm³/mol. The van der Waals surface area contributed by atoms with Crippen molar-refractivity contribution in [3.8, 4) is 28.2 Å². The van der Waals surface area contributed by atoms with Crippen molar-refractivity contribution >= 4 is 0 Å². The summed E-state index contributed by atoms with van der Waals surface area (Å²) in [6.45, 7) is 0. The van der Waals surface area contributed by atoms with Gasteiger partial charge in [0.2, 0.25) is 0 Å². The summed E-state index contributed by atoms with van der Waals surface area (Å²) in [5, 5.41) is 0. The van der Waals surface area contributed by atoms with Gasteiger partial charge in [0.05, 0.1) is 23.3 Å². The van der Waals surface area contributed by atoms with Gasteiger partial charge in [-0.05, 0) is 48.5 Å². The zero-order valence-electron chi connectivity index (χ0n) is 13.1. The molecule has 6 heteroatoms. The van der Waals surface area contributed by atoms with Crippen LogP contribution in [-0.4, -0.2) is 19.5 Å². The smallest absolute Gasteiger partial charge is 0.305 e. The van der Waals surface area contributed by atoms with Crippen LogP contribution >= 0.6 is 0 Å². The third-order valence-electron chi connectivity index (χ3n) is 3.89. The van der Waals surface area contributed by atoms with Crippen molar-refractivity contribution < 1.29 is 4.39 Å². The van der Waals surface area contributed by atoms with Crippen LogP contribution in [0, 0.1) is 5.82 Å². The van der Waals surface area contributed by atoms with E-state index in [1.165, 1.54) is 12.1 Å². The van der Waals surface area contributed by atoms with Crippen molar-refractivity contribution in [2.45, 2.75) is 0 Å². The van der Waals surface area contributed by atoms with E-state index >= 15 is 0 Å². The maximum atomic E-state index is 13.3. The Morgan fingerprint density at radius 3 is 2.32 bits per heavy atom. The number of imidazole rings is 1. The van der Waals surface area contributed by atoms with Crippen LogP contribution in [0.15, 0.2) is 78.1 Å². The Hall–Kier alpha value is -3.54. The van der Waals surface area contributed by atoms with Gasteiger partial charge in [-0.2, -0.15) is 0 Å². The summed E-state index contributed by atoms with van der Waals surface area (Å²) in [4.78, 5) is 23.7. The van der Waals surface area contributed by atoms with Crippen LogP contribution in [0.1, 0.15) is 0 Å². The van der Waals surface area contributed by atoms with Gasteiger partial charge >= 0.3 is 5.69 Å². The van der Waals surface area contributed by atoms with Crippen molar-refractivity contribution in [1.82, 2.24) is 19.5 Å². The minimum absolute atomic E-state index is 0.292. The van der Waals surface area contributed by atoms with Crippen molar-refractivity contribution in [2.75, 3.05) is 0 Å². The molecule has 0 unspecified atom stereocenters. The Morgan fingerprint density at radius 2 is 1.64 bits per heavy atom. The van der Waals surface area contributed by atoms with Crippen LogP contribution in [-0.2, 0) is 0 Å². The summed E-state index contributed by atoms with van der Waals surface area (Å²) < 4.78 is 14.8. The summed E-state index contributed by atoms with van der Waals surface area (Å²) in [6, 6.07) is 13.2. The van der Waals surface area contributed by atoms with Gasteiger partial charge in [0.1, 0.15) is 5.82 Å². The lowest BCUT2D eigenvalue weighted by molar-refractivity contribution is 0.628. The lowest BCUT2D eigenvalue weighted by Gasteiger charge is -2.09. The molecule has 0 fully saturated rings. The first-order valence-corrected chi connectivity index (χ1v) is 7.66. The maximum Gasteiger partial charge on any atom is 0.331 e. The van der Waals surface area contributed by atoms with Gasteiger partial charge in [-0.25, -0.2) is 9.18 Å². The van der Waals surface area contributed by atoms with E-state index in [4.69, 9.17) is 0 Å². The van der Waals surface area contributed by atoms with Crippen LogP contribution in [0.3, 0.4) is 0 Å². The summed E-state index contributed by atoms with van der Waals surface area (Å²) in [7, 11) is 0. The number of aromatic amines is 1. The number of pyridine rings is 2. The lowest BCUT2D eigenvalue weighted by Crippen LogP contribution is -2.15. The molecule has 3 aromatic heterocycles. The number of rotatable bonds is 3. The van der Waals surface area contributed by atoms with E-state index in [1.54, 1.807) is 53.6 Å². The Kier molecular flexibility index (Phi) is 3.70. The molecule has 3 heterocycles. The first kappa shape index (κ1) is 15.0. The number of aromatic nitrogens is 4. The molecule has 0 aliphatic heterocycles. The van der Waals surface area contributed by atoms with Crippen LogP contribution in [0.25, 0.3) is 28.2 Å². The average molecular weight is 332 g/mol. The van der Waals surface area contributed by atoms with E-state index in [0.717, 1.165) is 5.56 Å². The molecule has 0 spiro atoms. The predicted octanol–water partition coefficient (Wildman–Crippen LogP) is 3.43. The van der Waals surface area contributed by atoms with Gasteiger partial charge in [0, 0.05) is 29.7 Å². The van der Waals surface area contributed by atoms with Crippen molar-refractivity contribution in [2.24, 2.45) is 0 Å². The fourth-order valence-electron chi connectivity index (χ4n) is 2.78. The lowest BCUT2D eigenvalue weighted by atomic mass is 10.1. The SMILES string of the molecule is O=c1[nH]c(-c2ccc(F)cc2)c(-c2ccncc2)n1-c1cccnc1. The van der Waals surface area contributed by atoms with Gasteiger partial charge in [0.25, 0.3) is 0 Å². The Labute approximate surface area is 142 Å². The molecule has 0 aliphatic rings. The van der Waals surface area contributed by atoms with E-state index < -0.39 is 0 Å². The van der Waals surface area contributed by atoms with Crippen LogP contribution < -0.4 is 5.69 Å². The normalized spacial score (nSPS) is 10.8. The van der Waals surface area contributed by atoms with Gasteiger partial charge in [-0.1, -0.05) is 0 Å². The summed E-state index contributed by atoms with van der Waals surface area (Å²) in [5.41, 5.74) is 3.17. The Morgan fingerprint density at radius 1 is 0.880 bits per heavy atom. The third-order valence-corrected chi connectivity index (χ3v) is 3.89. The van der Waals surface area contributed by atoms with E-state index in [0.29, 0.717) is 22.6 Å². The highest BCUT2D eigenvalue weighted by atomic mass is 19.1. The van der Waals surface area contributed by atoms with E-state index in [9.17, 15) is 9.18 Å². The topological polar surface area (TPSA) is 63.6 Å². The molecule has 4 rings (SSSR count). The number of hydrogen-bond acceptors (Lipinski definition) is 3. The van der Waals surface area contributed by atoms with Crippen molar-refractivity contribution in [1.29, 1.82) is 0 Å². The highest BCUT2D eigenvalue weighted by Gasteiger charge is 2.18. The largest absolute Gasteiger partial charge is 0.331 e. The standard InChI is InChI=1S/C19H13FN4O/c20-15-5-3-13(4-6-15)17-18(14-7-10-21-11-8-14)24(19(25)23-17)16-2-1-9-22-12-16/h1-12H,(H,23,25). The van der Waals surface area contributed by atoms with Gasteiger partial charge < -0.3 is 4.98 Å². The summed E-state index contributed by atoms with van der Waals surface area (Å²) in [5.74, 6) is -0.330. The van der Waals surface area contributed by atoms with Crippen LogP contribution in [0.4, 0.5) is 4.39 Å². The van der Waals surface area contributed by atoms with Gasteiger partial charge in [-0.15, -0.1) is 0 Å². The fraction of sp³-hybridized carbons (Fsp3) is 0. The molecule has 122 valence electrons. The fourth-order valence-corrected chi connectivity index (χ4v) is 2.78. The Balaban J connectivity index is 2.03. The average Bonchev–Trinajstić information content (AvgIpc) is 3.01. The van der Waals surface area contributed by atoms with Gasteiger partial charge in [0.15, 0.2) is 0 Å². The molecular formula is C19H13FN4O. The molecule has 0 saturated carbocycles. The first-order chi connectivity index (χ1) is 12.2.